The molecule has 0 radical (unpaired) electrons. The Kier molecular flexibility index (Phi) is 8.99. The van der Waals surface area contributed by atoms with Crippen LogP contribution in [0.4, 0.5) is 5.69 Å². The van der Waals surface area contributed by atoms with Gasteiger partial charge in [-0.1, -0.05) is 103 Å². The lowest BCUT2D eigenvalue weighted by atomic mass is 10.1. The van der Waals surface area contributed by atoms with Gasteiger partial charge in [0, 0.05) is 13.1 Å². The zero-order valence-electron chi connectivity index (χ0n) is 23.3. The van der Waals surface area contributed by atoms with E-state index in [2.05, 4.69) is 0 Å². The molecule has 6 nitrogen and oxygen atoms in total. The Bertz CT molecular complexity index is 1670. The van der Waals surface area contributed by atoms with Gasteiger partial charge in [0.15, 0.2) is 0 Å². The predicted octanol–water partition coefficient (Wildman–Crippen LogP) is 6.93. The number of hydrogen-bond acceptors (Lipinski definition) is 4. The molecule has 5 rings (SSSR count). The minimum absolute atomic E-state index is 0.0524. The highest BCUT2D eigenvalue weighted by Crippen LogP contribution is 2.31. The summed E-state index contributed by atoms with van der Waals surface area (Å²) in [6.45, 7) is 0.788. The lowest BCUT2D eigenvalue weighted by Gasteiger charge is -2.29. The van der Waals surface area contributed by atoms with Gasteiger partial charge in [-0.2, -0.15) is 0 Å². The third-order valence-electron chi connectivity index (χ3n) is 6.94. The predicted molar refractivity (Wildman–Crippen MR) is 166 cm³/mol. The number of carbonyl (C=O) groups is 1. The highest BCUT2D eigenvalue weighted by atomic mass is 32.2. The molecule has 0 aromatic heterocycles. The van der Waals surface area contributed by atoms with Crippen molar-refractivity contribution in [1.82, 2.24) is 4.90 Å². The Balaban J connectivity index is 1.59. The lowest BCUT2D eigenvalue weighted by molar-refractivity contribution is 0.0731. The number of methoxy groups -OCH3 is 1. The summed E-state index contributed by atoms with van der Waals surface area (Å²) in [6.07, 6.45) is 0. The van der Waals surface area contributed by atoms with Gasteiger partial charge >= 0.3 is 0 Å². The third kappa shape index (κ3) is 6.70. The number of nitrogens with zero attached hydrogens (tertiary/aromatic N) is 2. The van der Waals surface area contributed by atoms with E-state index in [0.717, 1.165) is 16.7 Å². The van der Waals surface area contributed by atoms with Gasteiger partial charge in [0.1, 0.15) is 5.75 Å². The Morgan fingerprint density at radius 3 is 1.55 bits per heavy atom. The maximum absolute atomic E-state index is 14.4. The Morgan fingerprint density at radius 2 is 1.05 bits per heavy atom. The maximum Gasteiger partial charge on any atom is 0.264 e. The van der Waals surface area contributed by atoms with Gasteiger partial charge in [-0.3, -0.25) is 9.10 Å². The first-order chi connectivity index (χ1) is 20.5. The summed E-state index contributed by atoms with van der Waals surface area (Å²) in [4.78, 5) is 16.2. The van der Waals surface area contributed by atoms with Crippen molar-refractivity contribution in [3.05, 3.63) is 162 Å². The molecule has 0 fully saturated rings. The second-order valence-electron chi connectivity index (χ2n) is 9.82. The molecule has 0 aliphatic rings. The molecular formula is C35H32N2O4S. The van der Waals surface area contributed by atoms with Gasteiger partial charge in [0.25, 0.3) is 15.9 Å². The molecule has 0 aliphatic carbocycles. The first kappa shape index (κ1) is 28.6. The average molecular weight is 577 g/mol. The average Bonchev–Trinajstić information content (AvgIpc) is 3.04. The number of ether oxygens (including phenoxy) is 1. The first-order valence-electron chi connectivity index (χ1n) is 13.6. The van der Waals surface area contributed by atoms with Crippen LogP contribution in [0.2, 0.25) is 0 Å². The van der Waals surface area contributed by atoms with E-state index in [0.29, 0.717) is 30.1 Å². The van der Waals surface area contributed by atoms with Crippen molar-refractivity contribution in [2.75, 3.05) is 11.4 Å². The number of sulfonamides is 1. The summed E-state index contributed by atoms with van der Waals surface area (Å²) in [5.74, 6) is 0.290. The quantitative estimate of drug-likeness (QED) is 0.171. The summed E-state index contributed by atoms with van der Waals surface area (Å²) in [7, 11) is -2.54. The van der Waals surface area contributed by atoms with Crippen LogP contribution in [0.5, 0.6) is 5.75 Å². The van der Waals surface area contributed by atoms with Crippen molar-refractivity contribution >= 4 is 21.6 Å². The van der Waals surface area contributed by atoms with E-state index in [1.807, 2.05) is 91.0 Å². The minimum Gasteiger partial charge on any atom is -0.497 e. The largest absolute Gasteiger partial charge is 0.497 e. The van der Waals surface area contributed by atoms with Crippen LogP contribution in [0.25, 0.3) is 0 Å². The van der Waals surface area contributed by atoms with E-state index in [1.54, 1.807) is 41.3 Å². The summed E-state index contributed by atoms with van der Waals surface area (Å²) < 4.78 is 35.0. The van der Waals surface area contributed by atoms with Gasteiger partial charge in [-0.25, -0.2) is 8.42 Å². The number of hydrogen-bond donors (Lipinski definition) is 0. The molecule has 1 amide bonds. The molecule has 0 unspecified atom stereocenters. The highest BCUT2D eigenvalue weighted by Gasteiger charge is 2.30. The third-order valence-corrected chi connectivity index (χ3v) is 8.71. The van der Waals surface area contributed by atoms with Crippen molar-refractivity contribution in [2.45, 2.75) is 24.5 Å². The van der Waals surface area contributed by atoms with Crippen molar-refractivity contribution in [1.29, 1.82) is 0 Å². The Labute approximate surface area is 247 Å². The van der Waals surface area contributed by atoms with E-state index in [4.69, 9.17) is 4.74 Å². The molecule has 0 bridgehead atoms. The zero-order chi connectivity index (χ0) is 29.4. The summed E-state index contributed by atoms with van der Waals surface area (Å²) in [5, 5.41) is 0. The molecule has 0 atom stereocenters. The monoisotopic (exact) mass is 576 g/mol. The summed E-state index contributed by atoms with van der Waals surface area (Å²) in [5.41, 5.74) is 3.37. The van der Waals surface area contributed by atoms with Crippen LogP contribution >= 0.6 is 0 Å². The van der Waals surface area contributed by atoms with Crippen molar-refractivity contribution in [2.24, 2.45) is 0 Å². The van der Waals surface area contributed by atoms with Gasteiger partial charge in [-0.15, -0.1) is 0 Å². The molecule has 0 spiro atoms. The molecule has 212 valence electrons. The second-order valence-corrected chi connectivity index (χ2v) is 11.7. The number of amides is 1. The van der Waals surface area contributed by atoms with Crippen molar-refractivity contribution in [3.63, 3.8) is 0 Å². The molecule has 7 heteroatoms. The van der Waals surface area contributed by atoms with Crippen LogP contribution in [0.3, 0.4) is 0 Å². The Hall–Kier alpha value is -4.88. The fourth-order valence-electron chi connectivity index (χ4n) is 4.77. The number of benzene rings is 5. The summed E-state index contributed by atoms with van der Waals surface area (Å²) >= 11 is 0. The summed E-state index contributed by atoms with van der Waals surface area (Å²) in [6, 6.07) is 42.1. The van der Waals surface area contributed by atoms with Gasteiger partial charge in [0.05, 0.1) is 29.8 Å². The van der Waals surface area contributed by atoms with Gasteiger partial charge < -0.3 is 9.64 Å². The fraction of sp³-hybridized carbons (Fsp3) is 0.114. The smallest absolute Gasteiger partial charge is 0.264 e. The lowest BCUT2D eigenvalue weighted by Crippen LogP contribution is -2.35. The molecule has 5 aromatic carbocycles. The highest BCUT2D eigenvalue weighted by molar-refractivity contribution is 7.92. The number of rotatable bonds is 11. The molecule has 0 saturated heterocycles. The molecule has 5 aromatic rings. The number of carbonyl (C=O) groups excluding carboxylic acids is 1. The molecular weight excluding hydrogens is 544 g/mol. The zero-order valence-corrected chi connectivity index (χ0v) is 24.2. The van der Waals surface area contributed by atoms with Crippen LogP contribution in [-0.4, -0.2) is 26.3 Å². The van der Waals surface area contributed by atoms with Gasteiger partial charge in [0.2, 0.25) is 0 Å². The van der Waals surface area contributed by atoms with Crippen LogP contribution in [0, 0.1) is 0 Å². The van der Waals surface area contributed by atoms with Gasteiger partial charge in [-0.05, 0) is 53.1 Å². The molecule has 0 aliphatic heterocycles. The SMILES string of the molecule is COc1ccc(S(=O)(=O)N(Cc2ccccc2)c2ccccc2C(=O)N(Cc2ccccc2)Cc2ccccc2)cc1. The van der Waals surface area contributed by atoms with Crippen LogP contribution in [0.1, 0.15) is 27.0 Å². The fourth-order valence-corrected chi connectivity index (χ4v) is 6.24. The normalized spacial score (nSPS) is 11.1. The van der Waals surface area contributed by atoms with Crippen LogP contribution in [-0.2, 0) is 29.7 Å². The van der Waals surface area contributed by atoms with Crippen molar-refractivity contribution < 1.29 is 17.9 Å². The minimum atomic E-state index is -4.07. The van der Waals surface area contributed by atoms with E-state index < -0.39 is 10.0 Å². The van der Waals surface area contributed by atoms with Crippen LogP contribution in [0.15, 0.2) is 144 Å². The molecule has 0 heterocycles. The second kappa shape index (κ2) is 13.2. The van der Waals surface area contributed by atoms with Crippen molar-refractivity contribution in [3.8, 4) is 5.75 Å². The maximum atomic E-state index is 14.4. The Morgan fingerprint density at radius 1 is 0.595 bits per heavy atom. The first-order valence-corrected chi connectivity index (χ1v) is 15.1. The molecule has 42 heavy (non-hydrogen) atoms. The number of para-hydroxylation sites is 1. The topological polar surface area (TPSA) is 66.9 Å². The molecule has 0 N–H and O–H groups in total. The van der Waals surface area contributed by atoms with E-state index >= 15 is 0 Å². The number of anilines is 1. The van der Waals surface area contributed by atoms with E-state index in [1.165, 1.54) is 23.5 Å². The van der Waals surface area contributed by atoms with Crippen LogP contribution < -0.4 is 9.04 Å². The van der Waals surface area contributed by atoms with E-state index in [-0.39, 0.29) is 17.3 Å². The standard InChI is InChI=1S/C35H32N2O4S/c1-41-31-21-23-32(24-22-31)42(39,40)37(27-30-17-9-4-10-18-30)34-20-12-11-19-33(34)35(38)36(25-28-13-5-2-6-14-28)26-29-15-7-3-8-16-29/h2-24H,25-27H2,1H3. The van der Waals surface area contributed by atoms with E-state index in [9.17, 15) is 13.2 Å². The molecule has 0 saturated carbocycles.